The second-order valence-corrected chi connectivity index (χ2v) is 9.37. The Morgan fingerprint density at radius 1 is 1.33 bits per heavy atom. The summed E-state index contributed by atoms with van der Waals surface area (Å²) in [5.41, 5.74) is 6.30. The molecule has 0 saturated heterocycles. The van der Waals surface area contributed by atoms with E-state index in [0.29, 0.717) is 22.2 Å². The Bertz CT molecular complexity index is 1380. The van der Waals surface area contributed by atoms with Crippen molar-refractivity contribution in [3.63, 3.8) is 0 Å². The molecule has 0 aliphatic heterocycles. The number of nitriles is 1. The van der Waals surface area contributed by atoms with Crippen LogP contribution in [0.5, 0.6) is 5.75 Å². The van der Waals surface area contributed by atoms with Gasteiger partial charge in [0.15, 0.2) is 0 Å². The minimum atomic E-state index is -0.0681. The van der Waals surface area contributed by atoms with Gasteiger partial charge in [0, 0.05) is 47.4 Å². The van der Waals surface area contributed by atoms with E-state index in [-0.39, 0.29) is 22.9 Å². The molecule has 0 atom stereocenters. The summed E-state index contributed by atoms with van der Waals surface area (Å²) in [5, 5.41) is 11.0. The number of hydrogen-bond acceptors (Lipinski definition) is 7. The quantitative estimate of drug-likeness (QED) is 0.0870. The number of allylic oxidation sites excluding steroid dienone is 2. The van der Waals surface area contributed by atoms with Crippen molar-refractivity contribution in [2.24, 2.45) is 18.0 Å². The topological polar surface area (TPSA) is 88.6 Å². The number of ether oxygens (including phenoxy) is 1. The fourth-order valence-corrected chi connectivity index (χ4v) is 3.85. The van der Waals surface area contributed by atoms with Gasteiger partial charge in [0.1, 0.15) is 17.4 Å². The van der Waals surface area contributed by atoms with Crippen LogP contribution in [0.1, 0.15) is 41.0 Å². The van der Waals surface area contributed by atoms with Crippen LogP contribution in [0.25, 0.3) is 22.8 Å². The number of nitrogens with one attached hydrogen (secondary N) is 1. The predicted octanol–water partition coefficient (Wildman–Crippen LogP) is 5.08. The lowest BCUT2D eigenvalue weighted by atomic mass is 9.97. The normalized spacial score (nSPS) is 13.1. The summed E-state index contributed by atoms with van der Waals surface area (Å²) in [4.78, 5) is 17.1. The molecule has 1 aromatic carbocycles. The van der Waals surface area contributed by atoms with Crippen LogP contribution in [0.15, 0.2) is 58.3 Å². The van der Waals surface area contributed by atoms with Gasteiger partial charge >= 0.3 is 0 Å². The lowest BCUT2D eigenvalue weighted by Gasteiger charge is -2.17. The smallest absolute Gasteiger partial charge is 0.257 e. The number of nitrogens with zero attached hydrogens (tertiary/aromatic N) is 3. The summed E-state index contributed by atoms with van der Waals surface area (Å²) in [6.45, 7) is 17.4. The first-order valence-electron chi connectivity index (χ1n) is 11.7. The van der Waals surface area contributed by atoms with Crippen LogP contribution < -0.4 is 26.2 Å². The average molecular weight is 507 g/mol. The van der Waals surface area contributed by atoms with Gasteiger partial charge < -0.3 is 9.30 Å². The van der Waals surface area contributed by atoms with E-state index in [1.807, 2.05) is 52.1 Å². The van der Waals surface area contributed by atoms with Crippen molar-refractivity contribution in [2.75, 3.05) is 11.2 Å². The van der Waals surface area contributed by atoms with Gasteiger partial charge in [-0.25, -0.2) is 9.28 Å². The molecule has 0 unspecified atom stereocenters. The summed E-state index contributed by atoms with van der Waals surface area (Å²) >= 11 is 1.28. The van der Waals surface area contributed by atoms with Gasteiger partial charge in [0.05, 0.1) is 5.69 Å². The maximum Gasteiger partial charge on any atom is 0.257 e. The minimum absolute atomic E-state index is 0.0452. The molecule has 0 bridgehead atoms. The van der Waals surface area contributed by atoms with E-state index in [4.69, 9.17) is 9.02 Å². The SMILES string of the molecule is C=C/C(C#N)=C(\N=C)Oc1ccc(NOSCC)cc1-c1cn(C)c(=O)c(=C/C(C)C)/c1=C(\C)CC. The Hall–Kier alpha value is -3.54. The van der Waals surface area contributed by atoms with E-state index in [2.05, 4.69) is 30.7 Å². The zero-order valence-electron chi connectivity index (χ0n) is 21.8. The highest BCUT2D eigenvalue weighted by Crippen LogP contribution is 2.33. The number of aryl methyl sites for hydroxylation is 1. The minimum Gasteiger partial charge on any atom is -0.437 e. The van der Waals surface area contributed by atoms with Crippen LogP contribution in [-0.2, 0) is 11.3 Å². The number of aliphatic imine (C=N–C) groups is 1. The summed E-state index contributed by atoms with van der Waals surface area (Å²) in [6, 6.07) is 7.48. The van der Waals surface area contributed by atoms with E-state index in [1.54, 1.807) is 23.7 Å². The monoisotopic (exact) mass is 506 g/mol. The second-order valence-electron chi connectivity index (χ2n) is 8.39. The maximum atomic E-state index is 13.2. The van der Waals surface area contributed by atoms with Crippen LogP contribution in [0.4, 0.5) is 5.69 Å². The largest absolute Gasteiger partial charge is 0.437 e. The van der Waals surface area contributed by atoms with Crippen LogP contribution in [0.2, 0.25) is 0 Å². The van der Waals surface area contributed by atoms with Crippen molar-refractivity contribution >= 4 is 36.1 Å². The van der Waals surface area contributed by atoms with E-state index < -0.39 is 0 Å². The molecule has 0 amide bonds. The van der Waals surface area contributed by atoms with Gasteiger partial charge in [-0.05, 0) is 55.5 Å². The molecule has 0 aliphatic carbocycles. The highest BCUT2D eigenvalue weighted by atomic mass is 32.2. The Balaban J connectivity index is 3.02. The summed E-state index contributed by atoms with van der Waals surface area (Å²) in [7, 11) is 1.74. The summed E-state index contributed by atoms with van der Waals surface area (Å²) in [5.74, 6) is 1.44. The van der Waals surface area contributed by atoms with Gasteiger partial charge in [0.2, 0.25) is 5.88 Å². The zero-order chi connectivity index (χ0) is 26.8. The Morgan fingerprint density at radius 3 is 2.61 bits per heavy atom. The third kappa shape index (κ3) is 6.78. The number of anilines is 1. The van der Waals surface area contributed by atoms with Crippen molar-refractivity contribution in [2.45, 2.75) is 41.0 Å². The zero-order valence-corrected chi connectivity index (χ0v) is 22.7. The molecular formula is C28H34N4O3S. The van der Waals surface area contributed by atoms with E-state index in [0.717, 1.165) is 28.5 Å². The van der Waals surface area contributed by atoms with Crippen molar-refractivity contribution in [1.29, 1.82) is 5.26 Å². The highest BCUT2D eigenvalue weighted by molar-refractivity contribution is 7.94. The van der Waals surface area contributed by atoms with Crippen molar-refractivity contribution in [3.8, 4) is 22.9 Å². The molecule has 190 valence electrons. The van der Waals surface area contributed by atoms with E-state index in [9.17, 15) is 10.1 Å². The fraction of sp³-hybridized carbons (Fsp3) is 0.321. The van der Waals surface area contributed by atoms with Crippen molar-refractivity contribution in [3.05, 3.63) is 69.3 Å². The van der Waals surface area contributed by atoms with Crippen molar-refractivity contribution < 1.29 is 9.02 Å². The fourth-order valence-electron chi connectivity index (χ4n) is 3.57. The molecule has 0 fully saturated rings. The molecule has 0 spiro atoms. The Kier molecular flexibility index (Phi) is 10.8. The standard InChI is InChI=1S/C28H34N4O3S/c1-9-19(6)26-23(14-18(4)5)28(33)32(8)17-24(26)22-15-21(31-35-36-11-3)12-13-25(22)34-27(30-7)20(10-2)16-29/h10,12-15,17-18,31H,2,7,9,11H2,1,3-6,8H3/b23-14+,26-19-,27-20-. The predicted molar refractivity (Wildman–Crippen MR) is 151 cm³/mol. The molecule has 1 heterocycles. The van der Waals surface area contributed by atoms with Gasteiger partial charge in [-0.2, -0.15) is 5.26 Å². The molecule has 2 rings (SSSR count). The molecule has 2 aromatic rings. The van der Waals surface area contributed by atoms with E-state index >= 15 is 0 Å². The first kappa shape index (κ1) is 28.7. The third-order valence-electron chi connectivity index (χ3n) is 5.38. The molecule has 0 aliphatic rings. The second kappa shape index (κ2) is 13.5. The highest BCUT2D eigenvalue weighted by Gasteiger charge is 2.16. The molecule has 0 radical (unpaired) electrons. The lowest BCUT2D eigenvalue weighted by molar-refractivity contribution is 0.420. The number of benzene rings is 1. The van der Waals surface area contributed by atoms with Crippen LogP contribution >= 0.6 is 12.0 Å². The molecule has 1 aromatic heterocycles. The van der Waals surface area contributed by atoms with Gasteiger partial charge in [-0.3, -0.25) is 10.3 Å². The average Bonchev–Trinajstić information content (AvgIpc) is 2.86. The first-order chi connectivity index (χ1) is 17.2. The molecule has 0 saturated carbocycles. The molecule has 8 heteroatoms. The summed E-state index contributed by atoms with van der Waals surface area (Å²) < 4.78 is 13.1. The number of rotatable bonds is 11. The van der Waals surface area contributed by atoms with Crippen LogP contribution in [0.3, 0.4) is 0 Å². The van der Waals surface area contributed by atoms with E-state index in [1.165, 1.54) is 18.1 Å². The Morgan fingerprint density at radius 2 is 2.06 bits per heavy atom. The number of aromatic nitrogens is 1. The van der Waals surface area contributed by atoms with Gasteiger partial charge in [-0.15, -0.1) is 0 Å². The molecule has 1 N–H and O–H groups in total. The number of pyridine rings is 1. The molecule has 36 heavy (non-hydrogen) atoms. The van der Waals surface area contributed by atoms with Gasteiger partial charge in [0.25, 0.3) is 5.56 Å². The van der Waals surface area contributed by atoms with Crippen LogP contribution in [-0.4, -0.2) is 17.0 Å². The first-order valence-corrected chi connectivity index (χ1v) is 12.6. The Labute approximate surface area is 217 Å². The molecular weight excluding hydrogens is 472 g/mol. The number of hydrogen-bond donors (Lipinski definition) is 1. The van der Waals surface area contributed by atoms with Gasteiger partial charge in [-0.1, -0.05) is 45.9 Å². The van der Waals surface area contributed by atoms with Crippen LogP contribution in [0, 0.1) is 17.2 Å². The summed E-state index contributed by atoms with van der Waals surface area (Å²) in [6.07, 6.45) is 5.94. The molecule has 7 nitrogen and oxygen atoms in total. The maximum absolute atomic E-state index is 13.2. The third-order valence-corrected chi connectivity index (χ3v) is 5.82. The van der Waals surface area contributed by atoms with Crippen molar-refractivity contribution in [1.82, 2.24) is 4.57 Å². The lowest BCUT2D eigenvalue weighted by Crippen LogP contribution is -2.46.